The Morgan fingerprint density at radius 2 is 1.81 bits per heavy atom. The molecule has 1 aliphatic rings. The first kappa shape index (κ1) is 10.8. The van der Waals surface area contributed by atoms with Crippen molar-refractivity contribution in [3.05, 3.63) is 53.8 Å². The van der Waals surface area contributed by atoms with E-state index in [1.807, 2.05) is 0 Å². The third kappa shape index (κ3) is 1.13. The number of hydrogen-bond acceptors (Lipinski definition) is 1. The molecule has 1 nitrogen and oxygen atoms in total. The van der Waals surface area contributed by atoms with Crippen LogP contribution in [-0.2, 0) is 5.67 Å². The lowest BCUT2D eigenvalue weighted by Crippen LogP contribution is -2.44. The van der Waals surface area contributed by atoms with Crippen molar-refractivity contribution in [3.8, 4) is 0 Å². The van der Waals surface area contributed by atoms with Crippen molar-refractivity contribution in [1.29, 1.82) is 0 Å². The van der Waals surface area contributed by atoms with Crippen LogP contribution in [0.25, 0.3) is 6.08 Å². The van der Waals surface area contributed by atoms with E-state index in [4.69, 9.17) is 0 Å². The van der Waals surface area contributed by atoms with Gasteiger partial charge in [-0.15, -0.1) is 0 Å². The van der Waals surface area contributed by atoms with E-state index >= 15 is 0 Å². The second-order valence-corrected chi connectivity index (χ2v) is 3.61. The average Bonchev–Trinajstić information content (AvgIpc) is 2.27. The number of fused-ring (bicyclic) bond motifs is 1. The zero-order valence-corrected chi connectivity index (χ0v) is 8.25. The van der Waals surface area contributed by atoms with Crippen LogP contribution in [0, 0.1) is 0 Å². The largest absolute Gasteiger partial charge is 0.506 e. The Morgan fingerprint density at radius 1 is 1.19 bits per heavy atom. The normalized spacial score (nSPS) is 26.8. The van der Waals surface area contributed by atoms with Crippen molar-refractivity contribution in [3.63, 3.8) is 0 Å². The van der Waals surface area contributed by atoms with Crippen LogP contribution >= 0.6 is 0 Å². The van der Waals surface area contributed by atoms with Gasteiger partial charge in [-0.3, -0.25) is 0 Å². The molecular weight excluding hydrogens is 217 g/mol. The van der Waals surface area contributed by atoms with Crippen LogP contribution < -0.4 is 0 Å². The molecule has 1 N–H and O–H groups in total. The molecule has 2 rings (SSSR count). The number of rotatable bonds is 1. The summed E-state index contributed by atoms with van der Waals surface area (Å²) in [4.78, 5) is 0. The SMILES string of the molecule is C=CC1(F)c2ccccc2C=C(O)C1(F)F. The Kier molecular flexibility index (Phi) is 2.12. The molecule has 0 amide bonds. The first-order valence-corrected chi connectivity index (χ1v) is 4.64. The van der Waals surface area contributed by atoms with Gasteiger partial charge in [-0.1, -0.05) is 30.8 Å². The van der Waals surface area contributed by atoms with E-state index in [-0.39, 0.29) is 11.1 Å². The van der Waals surface area contributed by atoms with Gasteiger partial charge in [0.25, 0.3) is 0 Å². The zero-order chi connectivity index (χ0) is 12.0. The van der Waals surface area contributed by atoms with Gasteiger partial charge in [0, 0.05) is 5.56 Å². The van der Waals surface area contributed by atoms with Gasteiger partial charge in [0.1, 0.15) is 0 Å². The number of benzene rings is 1. The molecule has 0 aromatic heterocycles. The maximum Gasteiger partial charge on any atom is 0.344 e. The Hall–Kier alpha value is -1.71. The average molecular weight is 226 g/mol. The summed E-state index contributed by atoms with van der Waals surface area (Å²) in [6, 6.07) is 5.75. The van der Waals surface area contributed by atoms with Crippen LogP contribution in [0.2, 0.25) is 0 Å². The third-order valence-corrected chi connectivity index (χ3v) is 2.70. The number of hydrogen-bond donors (Lipinski definition) is 1. The highest BCUT2D eigenvalue weighted by atomic mass is 19.3. The van der Waals surface area contributed by atoms with Gasteiger partial charge >= 0.3 is 5.92 Å². The number of aliphatic hydroxyl groups is 1. The van der Waals surface area contributed by atoms with E-state index in [1.165, 1.54) is 18.2 Å². The van der Waals surface area contributed by atoms with Gasteiger partial charge in [-0.2, -0.15) is 8.78 Å². The minimum absolute atomic E-state index is 0.187. The Morgan fingerprint density at radius 3 is 2.44 bits per heavy atom. The number of halogens is 3. The molecule has 0 heterocycles. The van der Waals surface area contributed by atoms with Crippen molar-refractivity contribution in [2.45, 2.75) is 11.6 Å². The molecule has 0 saturated heterocycles. The zero-order valence-electron chi connectivity index (χ0n) is 8.25. The van der Waals surface area contributed by atoms with Crippen LogP contribution in [0.15, 0.2) is 42.7 Å². The predicted molar refractivity (Wildman–Crippen MR) is 55.0 cm³/mol. The van der Waals surface area contributed by atoms with Crippen LogP contribution in [-0.4, -0.2) is 11.0 Å². The Labute approximate surface area is 90.5 Å². The Bertz CT molecular complexity index is 479. The fourth-order valence-electron chi connectivity index (χ4n) is 1.79. The summed E-state index contributed by atoms with van der Waals surface area (Å²) in [7, 11) is 0. The lowest BCUT2D eigenvalue weighted by Gasteiger charge is -2.34. The van der Waals surface area contributed by atoms with Crippen LogP contribution in [0.5, 0.6) is 0 Å². The molecular formula is C12H9F3O. The minimum Gasteiger partial charge on any atom is -0.506 e. The van der Waals surface area contributed by atoms with Crippen LogP contribution in [0.3, 0.4) is 0 Å². The van der Waals surface area contributed by atoms with E-state index in [2.05, 4.69) is 6.58 Å². The Balaban J connectivity index is 2.78. The molecule has 1 aliphatic carbocycles. The van der Waals surface area contributed by atoms with E-state index in [9.17, 15) is 18.3 Å². The van der Waals surface area contributed by atoms with Crippen LogP contribution in [0.4, 0.5) is 13.2 Å². The highest BCUT2D eigenvalue weighted by Crippen LogP contribution is 2.50. The molecule has 0 aliphatic heterocycles. The van der Waals surface area contributed by atoms with Gasteiger partial charge in [0.15, 0.2) is 5.76 Å². The molecule has 0 bridgehead atoms. The molecule has 1 atom stereocenters. The van der Waals surface area contributed by atoms with Crippen LogP contribution in [0.1, 0.15) is 11.1 Å². The standard InChI is InChI=1S/C12H9F3O/c1-2-11(13)9-6-4-3-5-8(9)7-10(16)12(11,14)15/h2-7,16H,1H2. The quantitative estimate of drug-likeness (QED) is 0.725. The fourth-order valence-corrected chi connectivity index (χ4v) is 1.79. The van der Waals surface area contributed by atoms with Gasteiger partial charge in [0.05, 0.1) is 0 Å². The lowest BCUT2D eigenvalue weighted by atomic mass is 9.80. The maximum absolute atomic E-state index is 14.3. The van der Waals surface area contributed by atoms with Gasteiger partial charge in [0.2, 0.25) is 5.67 Å². The van der Waals surface area contributed by atoms with Gasteiger partial charge in [-0.05, 0) is 17.7 Å². The first-order valence-electron chi connectivity index (χ1n) is 4.64. The molecule has 0 fully saturated rings. The summed E-state index contributed by atoms with van der Waals surface area (Å²) in [5, 5.41) is 9.17. The molecule has 0 saturated carbocycles. The van der Waals surface area contributed by atoms with Crippen molar-refractivity contribution >= 4 is 6.08 Å². The van der Waals surface area contributed by atoms with Crippen molar-refractivity contribution in [2.24, 2.45) is 0 Å². The molecule has 1 aromatic rings. The van der Waals surface area contributed by atoms with Crippen molar-refractivity contribution < 1.29 is 18.3 Å². The summed E-state index contributed by atoms with van der Waals surface area (Å²) in [6.45, 7) is 3.09. The smallest absolute Gasteiger partial charge is 0.344 e. The molecule has 16 heavy (non-hydrogen) atoms. The highest BCUT2D eigenvalue weighted by Gasteiger charge is 2.59. The molecule has 0 radical (unpaired) electrons. The predicted octanol–water partition coefficient (Wildman–Crippen LogP) is 3.59. The monoisotopic (exact) mass is 226 g/mol. The van der Waals surface area contributed by atoms with Gasteiger partial charge in [-0.25, -0.2) is 4.39 Å². The summed E-state index contributed by atoms with van der Waals surface area (Å²) >= 11 is 0. The lowest BCUT2D eigenvalue weighted by molar-refractivity contribution is -0.112. The maximum atomic E-state index is 14.3. The molecule has 84 valence electrons. The first-order chi connectivity index (χ1) is 7.43. The minimum atomic E-state index is -3.98. The summed E-state index contributed by atoms with van der Waals surface area (Å²) in [6.07, 6.45) is 1.39. The van der Waals surface area contributed by atoms with E-state index in [1.54, 1.807) is 6.07 Å². The highest BCUT2D eigenvalue weighted by molar-refractivity contribution is 5.64. The van der Waals surface area contributed by atoms with Crippen molar-refractivity contribution in [1.82, 2.24) is 0 Å². The summed E-state index contributed by atoms with van der Waals surface area (Å²) in [5.41, 5.74) is -3.02. The summed E-state index contributed by atoms with van der Waals surface area (Å²) < 4.78 is 41.4. The molecule has 0 spiro atoms. The summed E-state index contributed by atoms with van der Waals surface area (Å²) in [5.74, 6) is -5.27. The second kappa shape index (κ2) is 3.14. The second-order valence-electron chi connectivity index (χ2n) is 3.61. The third-order valence-electron chi connectivity index (χ3n) is 2.70. The topological polar surface area (TPSA) is 20.2 Å². The fraction of sp³-hybridized carbons (Fsp3) is 0.167. The number of alkyl halides is 3. The van der Waals surface area contributed by atoms with E-state index < -0.39 is 17.4 Å². The molecule has 4 heteroatoms. The van der Waals surface area contributed by atoms with Crippen molar-refractivity contribution in [2.75, 3.05) is 0 Å². The molecule has 1 unspecified atom stereocenters. The van der Waals surface area contributed by atoms with E-state index in [0.29, 0.717) is 6.08 Å². The number of aliphatic hydroxyl groups excluding tert-OH is 1. The molecule has 1 aromatic carbocycles. The number of allylic oxidation sites excluding steroid dienone is 2. The van der Waals surface area contributed by atoms with Gasteiger partial charge < -0.3 is 5.11 Å². The van der Waals surface area contributed by atoms with E-state index in [0.717, 1.165) is 6.08 Å².